The van der Waals surface area contributed by atoms with Gasteiger partial charge >= 0.3 is 0 Å². The van der Waals surface area contributed by atoms with E-state index in [4.69, 9.17) is 0 Å². The Balaban J connectivity index is 4.00. The smallest absolute Gasteiger partial charge is 0.0138 e. The van der Waals surface area contributed by atoms with Gasteiger partial charge in [0.05, 0.1) is 0 Å². The molecule has 212 valence electrons. The van der Waals surface area contributed by atoms with Crippen molar-refractivity contribution in [3.05, 3.63) is 0 Å². The topological polar surface area (TPSA) is 0 Å². The van der Waals surface area contributed by atoms with E-state index in [1.54, 1.807) is 0 Å². The molecular weight excluding hydrogens is 521 g/mol. The number of unbranched alkanes of at least 4 members (excludes halogenated alkanes) is 16. The second-order valence-electron chi connectivity index (χ2n) is 10.2. The minimum Gasteiger partial charge on any atom is -0.179 e. The van der Waals surface area contributed by atoms with E-state index in [0.29, 0.717) is 0 Å². The zero-order valence-electron chi connectivity index (χ0n) is 23.7. The van der Waals surface area contributed by atoms with Gasteiger partial charge in [0.1, 0.15) is 0 Å². The lowest BCUT2D eigenvalue weighted by atomic mass is 10.1. The van der Waals surface area contributed by atoms with Crippen LogP contribution in [0.15, 0.2) is 0 Å². The van der Waals surface area contributed by atoms with Crippen LogP contribution in [0.5, 0.6) is 0 Å². The molecule has 0 spiro atoms. The molecule has 0 aliphatic carbocycles. The first-order valence-corrected chi connectivity index (χ1v) is 19.8. The summed E-state index contributed by atoms with van der Waals surface area (Å²) < 4.78 is 0. The molecule has 0 aliphatic heterocycles. The van der Waals surface area contributed by atoms with Gasteiger partial charge in [0.25, 0.3) is 0 Å². The molecular formula is C30H62S5. The Morgan fingerprint density at radius 1 is 0.457 bits per heavy atom. The van der Waals surface area contributed by atoms with Crippen LogP contribution in [0, 0.1) is 0 Å². The van der Waals surface area contributed by atoms with Gasteiger partial charge in [0.2, 0.25) is 0 Å². The van der Waals surface area contributed by atoms with Crippen LogP contribution in [-0.4, -0.2) is 45.0 Å². The molecule has 35 heavy (non-hydrogen) atoms. The van der Waals surface area contributed by atoms with Gasteiger partial charge < -0.3 is 0 Å². The van der Waals surface area contributed by atoms with Gasteiger partial charge in [-0.15, -0.1) is 0 Å². The van der Waals surface area contributed by atoms with Crippen molar-refractivity contribution in [2.75, 3.05) is 34.5 Å². The third kappa shape index (κ3) is 28.6. The maximum atomic E-state index is 4.47. The summed E-state index contributed by atoms with van der Waals surface area (Å²) in [6, 6.07) is 0. The van der Waals surface area contributed by atoms with Crippen molar-refractivity contribution in [3.8, 4) is 0 Å². The largest absolute Gasteiger partial charge is 0.179 e. The van der Waals surface area contributed by atoms with Crippen LogP contribution >= 0.6 is 60.5 Å². The number of thiol groups is 2. The molecule has 2 atom stereocenters. The molecule has 0 N–H and O–H groups in total. The Labute approximate surface area is 246 Å². The summed E-state index contributed by atoms with van der Waals surface area (Å²) in [6.07, 6.45) is 28.6. The van der Waals surface area contributed by atoms with Crippen LogP contribution in [0.25, 0.3) is 0 Å². The summed E-state index contributed by atoms with van der Waals surface area (Å²) in [6.45, 7) is 4.61. The zero-order chi connectivity index (χ0) is 25.7. The highest BCUT2D eigenvalue weighted by molar-refractivity contribution is 8.05. The Hall–Kier alpha value is 1.75. The lowest BCUT2D eigenvalue weighted by Crippen LogP contribution is -2.13. The van der Waals surface area contributed by atoms with E-state index < -0.39 is 0 Å². The molecule has 0 saturated heterocycles. The van der Waals surface area contributed by atoms with Crippen molar-refractivity contribution in [3.63, 3.8) is 0 Å². The summed E-state index contributed by atoms with van der Waals surface area (Å²) in [5, 5.41) is 1.67. The SMILES string of the molecule is CCCCCCCCCCCC(CSCC(CCCCCCCCCCC)SCCS)SCCS. The van der Waals surface area contributed by atoms with Gasteiger partial charge in [-0.25, -0.2) is 0 Å². The summed E-state index contributed by atoms with van der Waals surface area (Å²) in [5.41, 5.74) is 0. The van der Waals surface area contributed by atoms with Gasteiger partial charge in [-0.2, -0.15) is 60.5 Å². The fraction of sp³-hybridized carbons (Fsp3) is 1.00. The zero-order valence-corrected chi connectivity index (χ0v) is 27.9. The Morgan fingerprint density at radius 3 is 1.09 bits per heavy atom. The van der Waals surface area contributed by atoms with Crippen LogP contribution in [0.2, 0.25) is 0 Å². The highest BCUT2D eigenvalue weighted by atomic mass is 32.2. The van der Waals surface area contributed by atoms with Crippen molar-refractivity contribution in [1.29, 1.82) is 0 Å². The molecule has 0 aromatic rings. The Morgan fingerprint density at radius 2 is 0.771 bits per heavy atom. The highest BCUT2D eigenvalue weighted by Crippen LogP contribution is 2.27. The summed E-state index contributed by atoms with van der Waals surface area (Å²) in [5.74, 6) is 7.13. The van der Waals surface area contributed by atoms with Crippen LogP contribution in [-0.2, 0) is 0 Å². The Kier molecular flexibility index (Phi) is 33.6. The molecule has 0 aliphatic rings. The van der Waals surface area contributed by atoms with E-state index in [9.17, 15) is 0 Å². The van der Waals surface area contributed by atoms with E-state index in [1.807, 2.05) is 0 Å². The van der Waals surface area contributed by atoms with Gasteiger partial charge in [0, 0.05) is 33.5 Å². The summed E-state index contributed by atoms with van der Waals surface area (Å²) in [4.78, 5) is 0. The first-order chi connectivity index (χ1) is 17.3. The first kappa shape index (κ1) is 36.8. The molecule has 0 aromatic carbocycles. The lowest BCUT2D eigenvalue weighted by molar-refractivity contribution is 0.556. The second kappa shape index (κ2) is 32.0. The van der Waals surface area contributed by atoms with Gasteiger partial charge in [-0.05, 0) is 24.3 Å². The van der Waals surface area contributed by atoms with Crippen molar-refractivity contribution in [2.45, 2.75) is 153 Å². The molecule has 0 amide bonds. The van der Waals surface area contributed by atoms with Crippen molar-refractivity contribution in [1.82, 2.24) is 0 Å². The number of thioether (sulfide) groups is 3. The summed E-state index contributed by atoms with van der Waals surface area (Å²) >= 11 is 15.6. The summed E-state index contributed by atoms with van der Waals surface area (Å²) in [7, 11) is 0. The van der Waals surface area contributed by atoms with E-state index >= 15 is 0 Å². The highest BCUT2D eigenvalue weighted by Gasteiger charge is 2.13. The molecule has 0 bridgehead atoms. The maximum absolute atomic E-state index is 4.47. The van der Waals surface area contributed by atoms with E-state index in [-0.39, 0.29) is 0 Å². The van der Waals surface area contributed by atoms with Gasteiger partial charge in [-0.3, -0.25) is 0 Å². The molecule has 0 radical (unpaired) electrons. The van der Waals surface area contributed by atoms with Gasteiger partial charge in [-0.1, -0.05) is 129 Å². The van der Waals surface area contributed by atoms with Gasteiger partial charge in [0.15, 0.2) is 0 Å². The molecule has 0 rings (SSSR count). The third-order valence-electron chi connectivity index (χ3n) is 6.76. The third-order valence-corrected chi connectivity index (χ3v) is 12.1. The predicted octanol–water partition coefficient (Wildman–Crippen LogP) is 11.6. The van der Waals surface area contributed by atoms with Crippen molar-refractivity contribution in [2.24, 2.45) is 0 Å². The lowest BCUT2D eigenvalue weighted by Gasteiger charge is -2.19. The average molecular weight is 583 g/mol. The molecule has 0 aromatic heterocycles. The molecule has 0 fully saturated rings. The molecule has 0 nitrogen and oxygen atoms in total. The number of hydrogen-bond donors (Lipinski definition) is 2. The van der Waals surface area contributed by atoms with Crippen LogP contribution < -0.4 is 0 Å². The number of hydrogen-bond acceptors (Lipinski definition) is 5. The van der Waals surface area contributed by atoms with E-state index in [1.165, 1.54) is 151 Å². The maximum Gasteiger partial charge on any atom is 0.0138 e. The minimum absolute atomic E-state index is 0.833. The van der Waals surface area contributed by atoms with Crippen LogP contribution in [0.1, 0.15) is 142 Å². The van der Waals surface area contributed by atoms with Crippen molar-refractivity contribution < 1.29 is 0 Å². The van der Waals surface area contributed by atoms with Crippen LogP contribution in [0.3, 0.4) is 0 Å². The Bertz CT molecular complexity index is 346. The fourth-order valence-corrected chi connectivity index (χ4v) is 9.08. The standard InChI is InChI=1S/C30H62S5/c1-3-5-7-9-11-13-15-17-19-21-29(34-25-23-31)27-33-28-30(35-26-24-32)22-20-18-16-14-12-10-8-6-4-2/h29-32H,3-28H2,1-2H3. The molecule has 0 saturated carbocycles. The van der Waals surface area contributed by atoms with E-state index in [0.717, 1.165) is 22.0 Å². The predicted molar refractivity (Wildman–Crippen MR) is 181 cm³/mol. The van der Waals surface area contributed by atoms with E-state index in [2.05, 4.69) is 74.4 Å². The molecule has 2 unspecified atom stereocenters. The monoisotopic (exact) mass is 582 g/mol. The van der Waals surface area contributed by atoms with Crippen molar-refractivity contribution >= 4 is 60.5 Å². The minimum atomic E-state index is 0.833. The molecule has 5 heteroatoms. The molecule has 0 heterocycles. The average Bonchev–Trinajstić information content (AvgIpc) is 2.87. The normalized spacial score (nSPS) is 13.4. The quantitative estimate of drug-likeness (QED) is 0.0639. The fourth-order valence-electron chi connectivity index (χ4n) is 4.56. The second-order valence-corrected chi connectivity index (χ2v) is 15.0. The van der Waals surface area contributed by atoms with Crippen LogP contribution in [0.4, 0.5) is 0 Å². The first-order valence-electron chi connectivity index (χ1n) is 15.3. The number of rotatable bonds is 30.